The zero-order chi connectivity index (χ0) is 31.2. The molecular weight excluding hydrogens is 592 g/mol. The Bertz CT molecular complexity index is 535. The smallest absolute Gasteiger partial charge is 0.331 e. The number of ether oxygens (including phenoxy) is 12. The van der Waals surface area contributed by atoms with Gasteiger partial charge in [0.2, 0.25) is 0 Å². The first-order valence-electron chi connectivity index (χ1n) is 15.3. The molecule has 0 amide bonds. The van der Waals surface area contributed by atoms with Crippen molar-refractivity contribution in [3.63, 3.8) is 0 Å². The van der Waals surface area contributed by atoms with Gasteiger partial charge in [-0.3, -0.25) is 0 Å². The highest BCUT2D eigenvalue weighted by Gasteiger charge is 1.99. The average Bonchev–Trinajstić information content (AvgIpc) is 3.02. The third-order valence-electron chi connectivity index (χ3n) is 5.34. The average molecular weight is 649 g/mol. The number of halogens is 1. The highest BCUT2D eigenvalue weighted by Crippen LogP contribution is 2.01. The molecule has 14 heteroatoms. The Morgan fingerprint density at radius 3 is 0.907 bits per heavy atom. The fourth-order valence-electron chi connectivity index (χ4n) is 3.07. The molecule has 0 saturated heterocycles. The van der Waals surface area contributed by atoms with Crippen molar-refractivity contribution in [3.8, 4) is 0 Å². The van der Waals surface area contributed by atoms with Crippen molar-refractivity contribution < 1.29 is 61.6 Å². The van der Waals surface area contributed by atoms with Gasteiger partial charge in [0.25, 0.3) is 0 Å². The van der Waals surface area contributed by atoms with E-state index in [9.17, 15) is 4.79 Å². The molecule has 0 aromatic heterocycles. The van der Waals surface area contributed by atoms with E-state index in [2.05, 4.69) is 4.74 Å². The Kier molecular flexibility index (Phi) is 38.7. The van der Waals surface area contributed by atoms with E-state index >= 15 is 0 Å². The van der Waals surface area contributed by atoms with Crippen molar-refractivity contribution in [2.24, 2.45) is 0 Å². The molecule has 0 aromatic rings. The minimum Gasteiger partial charge on any atom is -0.467 e. The molecule has 0 radical (unpaired) electrons. The second-order valence-corrected chi connectivity index (χ2v) is 9.23. The van der Waals surface area contributed by atoms with Crippen LogP contribution in [0.5, 0.6) is 0 Å². The van der Waals surface area contributed by atoms with E-state index in [1.165, 1.54) is 13.5 Å². The van der Waals surface area contributed by atoms with Crippen LogP contribution in [0.2, 0.25) is 0 Å². The maximum absolute atomic E-state index is 10.8. The predicted molar refractivity (Wildman–Crippen MR) is 160 cm³/mol. The first kappa shape index (κ1) is 42.3. The van der Waals surface area contributed by atoms with E-state index in [0.717, 1.165) is 31.7 Å². The van der Waals surface area contributed by atoms with Crippen LogP contribution >= 0.6 is 11.6 Å². The monoisotopic (exact) mass is 648 g/mol. The summed E-state index contributed by atoms with van der Waals surface area (Å²) in [5.74, 6) is 0.334. The van der Waals surface area contributed by atoms with Gasteiger partial charge in [0.05, 0.1) is 139 Å². The number of alkyl halides is 1. The predicted octanol–water partition coefficient (Wildman–Crippen LogP) is 2.14. The largest absolute Gasteiger partial charge is 0.467 e. The number of methoxy groups -OCH3 is 1. The zero-order valence-corrected chi connectivity index (χ0v) is 27.0. The van der Waals surface area contributed by atoms with E-state index in [1.54, 1.807) is 0 Å². The van der Waals surface area contributed by atoms with Crippen LogP contribution in [0.15, 0.2) is 0 Å². The van der Waals surface area contributed by atoms with Crippen molar-refractivity contribution in [3.05, 3.63) is 0 Å². The van der Waals surface area contributed by atoms with E-state index in [0.29, 0.717) is 132 Å². The first-order valence-corrected chi connectivity index (χ1v) is 15.8. The van der Waals surface area contributed by atoms with Gasteiger partial charge in [-0.05, 0) is 12.8 Å². The van der Waals surface area contributed by atoms with E-state index in [4.69, 9.17) is 63.7 Å². The lowest BCUT2D eigenvalue weighted by molar-refractivity contribution is -0.146. The van der Waals surface area contributed by atoms with E-state index in [1.807, 2.05) is 0 Å². The number of hydrogen-bond donors (Lipinski definition) is 0. The molecule has 13 nitrogen and oxygen atoms in total. The van der Waals surface area contributed by atoms with Crippen LogP contribution in [-0.4, -0.2) is 164 Å². The molecule has 0 spiro atoms. The van der Waals surface area contributed by atoms with Gasteiger partial charge in [0.15, 0.2) is 0 Å². The summed E-state index contributed by atoms with van der Waals surface area (Å²) >= 11 is 5.65. The Balaban J connectivity index is 3.04. The molecule has 43 heavy (non-hydrogen) atoms. The van der Waals surface area contributed by atoms with Crippen molar-refractivity contribution in [1.82, 2.24) is 0 Å². The van der Waals surface area contributed by atoms with Crippen LogP contribution in [0.25, 0.3) is 0 Å². The Morgan fingerprint density at radius 1 is 0.372 bits per heavy atom. The van der Waals surface area contributed by atoms with Crippen LogP contribution in [0.1, 0.15) is 25.7 Å². The molecule has 258 valence electrons. The third-order valence-corrected chi connectivity index (χ3v) is 5.61. The molecule has 0 aliphatic carbocycles. The highest BCUT2D eigenvalue weighted by atomic mass is 35.5. The third kappa shape index (κ3) is 39.3. The van der Waals surface area contributed by atoms with Crippen molar-refractivity contribution >= 4 is 17.6 Å². The molecule has 0 atom stereocenters. The summed E-state index contributed by atoms with van der Waals surface area (Å²) in [7, 11) is 1.32. The molecule has 0 rings (SSSR count). The maximum atomic E-state index is 10.8. The molecule has 0 aromatic carbocycles. The molecule has 0 N–H and O–H groups in total. The fraction of sp³-hybridized carbons (Fsp3) is 0.966. The summed E-state index contributed by atoms with van der Waals surface area (Å²) in [5.41, 5.74) is 0. The topological polar surface area (TPSA) is 128 Å². The SMILES string of the molecule is COC(=O)COCCOCCOCCOCCOCCOCCOCCOCCOCCOCCOCCCCCCCl. The van der Waals surface area contributed by atoms with Crippen molar-refractivity contribution in [2.45, 2.75) is 25.7 Å². The summed E-state index contributed by atoms with van der Waals surface area (Å²) in [5, 5.41) is 0. The number of unbranched alkanes of at least 4 members (excludes halogenated alkanes) is 3. The summed E-state index contributed by atoms with van der Waals surface area (Å²) in [6.07, 6.45) is 4.49. The molecule has 0 aliphatic heterocycles. The maximum Gasteiger partial charge on any atom is 0.331 e. The second-order valence-electron chi connectivity index (χ2n) is 8.86. The molecular formula is C29H57ClO13. The lowest BCUT2D eigenvalue weighted by atomic mass is 10.2. The Morgan fingerprint density at radius 2 is 0.628 bits per heavy atom. The van der Waals surface area contributed by atoms with Crippen molar-refractivity contribution in [2.75, 3.05) is 158 Å². The number of rotatable bonds is 38. The minimum atomic E-state index is -0.407. The number of carbonyl (C=O) groups excluding carboxylic acids is 1. The van der Waals surface area contributed by atoms with Gasteiger partial charge in [0, 0.05) is 12.5 Å². The van der Waals surface area contributed by atoms with Gasteiger partial charge >= 0.3 is 5.97 Å². The minimum absolute atomic E-state index is 0.0689. The lowest BCUT2D eigenvalue weighted by Gasteiger charge is -2.09. The van der Waals surface area contributed by atoms with Gasteiger partial charge in [-0.15, -0.1) is 11.6 Å². The number of carbonyl (C=O) groups is 1. The zero-order valence-electron chi connectivity index (χ0n) is 26.3. The second kappa shape index (κ2) is 39.3. The molecule has 0 heterocycles. The molecule has 0 saturated carbocycles. The van der Waals surface area contributed by atoms with E-state index < -0.39 is 5.97 Å². The highest BCUT2D eigenvalue weighted by molar-refractivity contribution is 6.17. The van der Waals surface area contributed by atoms with E-state index in [-0.39, 0.29) is 6.61 Å². The van der Waals surface area contributed by atoms with Gasteiger partial charge in [-0.25, -0.2) is 4.79 Å². The Hall–Kier alpha value is -0.680. The number of hydrogen-bond acceptors (Lipinski definition) is 13. The summed E-state index contributed by atoms with van der Waals surface area (Å²) < 4.78 is 64.0. The lowest BCUT2D eigenvalue weighted by Crippen LogP contribution is -2.16. The molecule has 0 bridgehead atoms. The summed E-state index contributed by atoms with van der Waals surface area (Å²) in [6, 6.07) is 0. The van der Waals surface area contributed by atoms with Crippen LogP contribution in [0, 0.1) is 0 Å². The molecule has 0 unspecified atom stereocenters. The van der Waals surface area contributed by atoms with Crippen LogP contribution < -0.4 is 0 Å². The van der Waals surface area contributed by atoms with Crippen molar-refractivity contribution in [1.29, 1.82) is 0 Å². The number of esters is 1. The quantitative estimate of drug-likeness (QED) is 0.0551. The van der Waals surface area contributed by atoms with Crippen LogP contribution in [0.4, 0.5) is 0 Å². The summed E-state index contributed by atoms with van der Waals surface area (Å²) in [4.78, 5) is 10.8. The van der Waals surface area contributed by atoms with Crippen LogP contribution in [0.3, 0.4) is 0 Å². The fourth-order valence-corrected chi connectivity index (χ4v) is 3.25. The van der Waals surface area contributed by atoms with Gasteiger partial charge in [-0.1, -0.05) is 12.8 Å². The van der Waals surface area contributed by atoms with Crippen LogP contribution in [-0.2, 0) is 61.6 Å². The van der Waals surface area contributed by atoms with Gasteiger partial charge in [0.1, 0.15) is 6.61 Å². The standard InChI is InChI=1S/C29H57ClO13/c1-32-29(31)28-43-27-26-42-25-24-41-23-22-40-21-20-39-19-18-38-17-16-37-15-14-36-13-12-35-11-10-34-9-8-33-7-5-3-2-4-6-30/h2-28H2,1H3. The molecule has 0 fully saturated rings. The summed E-state index contributed by atoms with van der Waals surface area (Å²) in [6.45, 7) is 10.7. The van der Waals surface area contributed by atoms with Gasteiger partial charge in [-0.2, -0.15) is 0 Å². The first-order chi connectivity index (χ1) is 21.3. The normalized spacial score (nSPS) is 11.4. The molecule has 0 aliphatic rings. The van der Waals surface area contributed by atoms with Gasteiger partial charge < -0.3 is 56.8 Å². The Labute approximate surface area is 263 Å².